The first-order chi connectivity index (χ1) is 8.84. The quantitative estimate of drug-likeness (QED) is 0.521. The summed E-state index contributed by atoms with van der Waals surface area (Å²) in [4.78, 5) is 2.34. The van der Waals surface area contributed by atoms with Crippen LogP contribution in [-0.4, -0.2) is 27.7 Å². The van der Waals surface area contributed by atoms with Crippen molar-refractivity contribution in [1.82, 2.24) is 0 Å². The summed E-state index contributed by atoms with van der Waals surface area (Å²) in [5.41, 5.74) is 0. The average molecular weight is 421 g/mol. The molecule has 0 saturated heterocycles. The van der Waals surface area contributed by atoms with Gasteiger partial charge in [0.2, 0.25) is 0 Å². The maximum atomic E-state index is 5.97. The molecule has 2 rings (SSSR count). The van der Waals surface area contributed by atoms with Crippen LogP contribution in [0.3, 0.4) is 0 Å². The second-order valence-electron chi connectivity index (χ2n) is 4.57. The standard InChI is InChI=1S/C15H19IOSe/c16-13(11-17-14-7-3-1-4-8-14)12-18-15-9-5-2-6-10-15/h2,5-6,9-10,12,14H,1,3-4,7-8,11H2/b13-12-. The van der Waals surface area contributed by atoms with E-state index in [-0.39, 0.29) is 0 Å². The van der Waals surface area contributed by atoms with Gasteiger partial charge in [0.1, 0.15) is 0 Å². The van der Waals surface area contributed by atoms with Gasteiger partial charge in [0.15, 0.2) is 0 Å². The Labute approximate surface area is 130 Å². The fraction of sp³-hybridized carbons (Fsp3) is 0.467. The van der Waals surface area contributed by atoms with Crippen molar-refractivity contribution in [3.8, 4) is 0 Å². The molecule has 18 heavy (non-hydrogen) atoms. The van der Waals surface area contributed by atoms with Crippen molar-refractivity contribution in [1.29, 1.82) is 0 Å². The van der Waals surface area contributed by atoms with Crippen molar-refractivity contribution < 1.29 is 4.74 Å². The zero-order valence-corrected chi connectivity index (χ0v) is 14.3. The van der Waals surface area contributed by atoms with Gasteiger partial charge in [-0.15, -0.1) is 0 Å². The molecule has 0 radical (unpaired) electrons. The van der Waals surface area contributed by atoms with Crippen molar-refractivity contribution in [3.63, 3.8) is 0 Å². The van der Waals surface area contributed by atoms with E-state index in [9.17, 15) is 0 Å². The van der Waals surface area contributed by atoms with Crippen LogP contribution < -0.4 is 4.46 Å². The maximum absolute atomic E-state index is 5.97. The Morgan fingerprint density at radius 3 is 2.67 bits per heavy atom. The summed E-state index contributed by atoms with van der Waals surface area (Å²) >= 11 is 2.85. The summed E-state index contributed by atoms with van der Waals surface area (Å²) in [6.07, 6.45) is 7.12. The normalized spacial score (nSPS) is 17.9. The van der Waals surface area contributed by atoms with E-state index >= 15 is 0 Å². The van der Waals surface area contributed by atoms with Crippen molar-refractivity contribution >= 4 is 42.0 Å². The van der Waals surface area contributed by atoms with Crippen LogP contribution >= 0.6 is 22.6 Å². The molecule has 0 spiro atoms. The average Bonchev–Trinajstić information content (AvgIpc) is 2.45. The molecule has 1 nitrogen and oxygen atoms in total. The SMILES string of the molecule is I/C(=C\[Se]c1ccccc1)COC1CCCCC1. The van der Waals surface area contributed by atoms with Crippen molar-refractivity contribution in [2.75, 3.05) is 6.61 Å². The summed E-state index contributed by atoms with van der Waals surface area (Å²) in [6, 6.07) is 10.7. The second-order valence-corrected chi connectivity index (χ2v) is 7.93. The van der Waals surface area contributed by atoms with Crippen LogP contribution in [0.5, 0.6) is 0 Å². The first kappa shape index (κ1) is 14.6. The fourth-order valence-electron chi connectivity index (χ4n) is 2.09. The van der Waals surface area contributed by atoms with Crippen LogP contribution in [-0.2, 0) is 4.74 Å². The van der Waals surface area contributed by atoms with Gasteiger partial charge >= 0.3 is 130 Å². The van der Waals surface area contributed by atoms with Crippen LogP contribution in [0, 0.1) is 0 Å². The molecule has 1 aliphatic rings. The number of hydrogen-bond donors (Lipinski definition) is 0. The Balaban J connectivity index is 1.72. The molecular formula is C15H19IOSe. The predicted octanol–water partition coefficient (Wildman–Crippen LogP) is 3.64. The summed E-state index contributed by atoms with van der Waals surface area (Å²) in [6.45, 7) is 0.805. The number of halogens is 1. The van der Waals surface area contributed by atoms with E-state index in [1.165, 1.54) is 40.1 Å². The second kappa shape index (κ2) is 8.36. The zero-order valence-electron chi connectivity index (χ0n) is 10.5. The molecule has 0 aromatic heterocycles. The molecule has 0 heterocycles. The molecule has 0 bridgehead atoms. The van der Waals surface area contributed by atoms with E-state index in [4.69, 9.17) is 4.74 Å². The van der Waals surface area contributed by atoms with Gasteiger partial charge < -0.3 is 0 Å². The van der Waals surface area contributed by atoms with Gasteiger partial charge in [-0.2, -0.15) is 0 Å². The molecule has 3 heteroatoms. The summed E-state index contributed by atoms with van der Waals surface area (Å²) < 4.78 is 8.74. The molecule has 98 valence electrons. The fourth-order valence-corrected chi connectivity index (χ4v) is 4.29. The summed E-state index contributed by atoms with van der Waals surface area (Å²) in [5.74, 6) is 0. The van der Waals surface area contributed by atoms with E-state index in [0.29, 0.717) is 21.1 Å². The Morgan fingerprint density at radius 2 is 1.94 bits per heavy atom. The molecule has 0 unspecified atom stereocenters. The third-order valence-corrected chi connectivity index (χ3v) is 6.63. The van der Waals surface area contributed by atoms with Gasteiger partial charge in [-0.1, -0.05) is 0 Å². The minimum absolute atomic E-state index is 0.438. The van der Waals surface area contributed by atoms with E-state index in [0.717, 1.165) is 6.61 Å². The molecule has 0 aliphatic heterocycles. The molecule has 1 saturated carbocycles. The van der Waals surface area contributed by atoms with Gasteiger partial charge in [0.05, 0.1) is 0 Å². The van der Waals surface area contributed by atoms with E-state index in [1.54, 1.807) is 0 Å². The molecule has 0 N–H and O–H groups in total. The third kappa shape index (κ3) is 5.43. The van der Waals surface area contributed by atoms with Gasteiger partial charge in [0, 0.05) is 0 Å². The minimum atomic E-state index is 0.438. The monoisotopic (exact) mass is 422 g/mol. The molecule has 1 fully saturated rings. The molecule has 0 atom stereocenters. The van der Waals surface area contributed by atoms with Crippen molar-refractivity contribution in [3.05, 3.63) is 38.9 Å². The Morgan fingerprint density at radius 1 is 1.22 bits per heavy atom. The van der Waals surface area contributed by atoms with Crippen LogP contribution in [0.2, 0.25) is 0 Å². The molecular weight excluding hydrogens is 402 g/mol. The Bertz CT molecular complexity index is 371. The number of hydrogen-bond acceptors (Lipinski definition) is 1. The van der Waals surface area contributed by atoms with Gasteiger partial charge in [-0.05, 0) is 0 Å². The van der Waals surface area contributed by atoms with Crippen LogP contribution in [0.1, 0.15) is 32.1 Å². The first-order valence-electron chi connectivity index (χ1n) is 6.52. The Kier molecular flexibility index (Phi) is 6.77. The van der Waals surface area contributed by atoms with E-state index in [2.05, 4.69) is 57.9 Å². The topological polar surface area (TPSA) is 9.23 Å². The van der Waals surface area contributed by atoms with E-state index < -0.39 is 0 Å². The first-order valence-corrected chi connectivity index (χ1v) is 9.45. The summed E-state index contributed by atoms with van der Waals surface area (Å²) in [7, 11) is 0. The number of rotatable bonds is 5. The van der Waals surface area contributed by atoms with Crippen LogP contribution in [0.15, 0.2) is 38.9 Å². The molecule has 1 aromatic carbocycles. The van der Waals surface area contributed by atoms with Gasteiger partial charge in [-0.3, -0.25) is 0 Å². The van der Waals surface area contributed by atoms with Gasteiger partial charge in [0.25, 0.3) is 0 Å². The van der Waals surface area contributed by atoms with Crippen LogP contribution in [0.4, 0.5) is 0 Å². The third-order valence-electron chi connectivity index (χ3n) is 3.08. The molecule has 1 aromatic rings. The molecule has 0 amide bonds. The van der Waals surface area contributed by atoms with Crippen molar-refractivity contribution in [2.45, 2.75) is 38.2 Å². The van der Waals surface area contributed by atoms with Crippen molar-refractivity contribution in [2.24, 2.45) is 0 Å². The number of benzene rings is 1. The van der Waals surface area contributed by atoms with E-state index in [1.807, 2.05) is 0 Å². The Hall–Kier alpha value is 0.169. The summed E-state index contributed by atoms with van der Waals surface area (Å²) in [5, 5.41) is 0. The van der Waals surface area contributed by atoms with Gasteiger partial charge in [-0.25, -0.2) is 0 Å². The predicted molar refractivity (Wildman–Crippen MR) is 86.8 cm³/mol. The number of ether oxygens (including phenoxy) is 1. The zero-order chi connectivity index (χ0) is 12.6. The van der Waals surface area contributed by atoms with Crippen LogP contribution in [0.25, 0.3) is 0 Å². The molecule has 1 aliphatic carbocycles.